The lowest BCUT2D eigenvalue weighted by molar-refractivity contribution is -0.119. The number of anilines is 1. The van der Waals surface area contributed by atoms with Crippen molar-refractivity contribution in [2.45, 2.75) is 30.8 Å². The van der Waals surface area contributed by atoms with Gasteiger partial charge in [-0.05, 0) is 18.1 Å². The van der Waals surface area contributed by atoms with Crippen LogP contribution in [0.2, 0.25) is 0 Å². The second-order valence-electron chi connectivity index (χ2n) is 5.61. The third-order valence-corrected chi connectivity index (χ3v) is 4.70. The predicted molar refractivity (Wildman–Crippen MR) is 101 cm³/mol. The average molecular weight is 365 g/mol. The van der Waals surface area contributed by atoms with Crippen molar-refractivity contribution in [1.29, 1.82) is 10.5 Å². The van der Waals surface area contributed by atoms with Crippen LogP contribution in [0.3, 0.4) is 0 Å². The summed E-state index contributed by atoms with van der Waals surface area (Å²) >= 11 is 1.13. The fraction of sp³-hybridized carbons (Fsp3) is 0.263. The monoisotopic (exact) mass is 365 g/mol. The molecule has 1 aromatic heterocycles. The standard InChI is InChI=1S/C19H19N5OS/c1-2-6-16(13-7-4-3-5-8-13)23-17(25)12-26-19-15(11-21)9-14(10-20)18(22)24-19/h3-5,7-9,16H,2,6,12H2,1H3,(H2,22,24)(H,23,25)/t16-/m1/s1. The third kappa shape index (κ3) is 4.98. The molecule has 0 bridgehead atoms. The van der Waals surface area contributed by atoms with Crippen LogP contribution < -0.4 is 11.1 Å². The summed E-state index contributed by atoms with van der Waals surface area (Å²) in [5.41, 5.74) is 7.16. The smallest absolute Gasteiger partial charge is 0.230 e. The summed E-state index contributed by atoms with van der Waals surface area (Å²) in [6.45, 7) is 2.07. The molecule has 0 spiro atoms. The SMILES string of the molecule is CCC[C@@H](NC(=O)CSc1nc(N)c(C#N)cc1C#N)c1ccccc1. The molecule has 0 aliphatic rings. The number of nitrogens with zero attached hydrogens (tertiary/aromatic N) is 3. The van der Waals surface area contributed by atoms with Crippen molar-refractivity contribution in [3.05, 3.63) is 53.1 Å². The number of nitrogens with one attached hydrogen (secondary N) is 1. The van der Waals surface area contributed by atoms with Gasteiger partial charge in [-0.2, -0.15) is 10.5 Å². The second kappa shape index (κ2) is 9.45. The lowest BCUT2D eigenvalue weighted by atomic mass is 10.0. The van der Waals surface area contributed by atoms with Crippen LogP contribution in [0.5, 0.6) is 0 Å². The van der Waals surface area contributed by atoms with E-state index in [1.54, 1.807) is 0 Å². The zero-order valence-electron chi connectivity index (χ0n) is 14.4. The van der Waals surface area contributed by atoms with Crippen LogP contribution in [0.1, 0.15) is 42.5 Å². The number of nitrogen functional groups attached to an aromatic ring is 1. The molecule has 0 radical (unpaired) electrons. The van der Waals surface area contributed by atoms with Gasteiger partial charge in [0.1, 0.15) is 23.0 Å². The molecule has 2 aromatic rings. The molecular formula is C19H19N5OS. The molecule has 1 aromatic carbocycles. The van der Waals surface area contributed by atoms with E-state index in [2.05, 4.69) is 17.2 Å². The Morgan fingerprint density at radius 1 is 1.27 bits per heavy atom. The van der Waals surface area contributed by atoms with E-state index in [1.807, 2.05) is 42.5 Å². The molecule has 0 aliphatic carbocycles. The van der Waals surface area contributed by atoms with E-state index in [0.29, 0.717) is 5.03 Å². The van der Waals surface area contributed by atoms with Crippen LogP contribution in [0.15, 0.2) is 41.4 Å². The molecule has 3 N–H and O–H groups in total. The Balaban J connectivity index is 2.05. The topological polar surface area (TPSA) is 116 Å². The lowest BCUT2D eigenvalue weighted by Crippen LogP contribution is -2.30. The first-order valence-electron chi connectivity index (χ1n) is 8.16. The van der Waals surface area contributed by atoms with Crippen molar-refractivity contribution in [3.8, 4) is 12.1 Å². The van der Waals surface area contributed by atoms with Crippen molar-refractivity contribution < 1.29 is 4.79 Å². The van der Waals surface area contributed by atoms with E-state index in [0.717, 1.165) is 30.2 Å². The summed E-state index contributed by atoms with van der Waals surface area (Å²) in [6.07, 6.45) is 1.78. The van der Waals surface area contributed by atoms with Crippen LogP contribution in [0, 0.1) is 22.7 Å². The van der Waals surface area contributed by atoms with Crippen LogP contribution >= 0.6 is 11.8 Å². The average Bonchev–Trinajstić information content (AvgIpc) is 2.66. The summed E-state index contributed by atoms with van der Waals surface area (Å²) in [5, 5.41) is 21.5. The van der Waals surface area contributed by atoms with Crippen molar-refractivity contribution >= 4 is 23.5 Å². The van der Waals surface area contributed by atoms with Crippen LogP contribution in [0.4, 0.5) is 5.82 Å². The summed E-state index contributed by atoms with van der Waals surface area (Å²) in [4.78, 5) is 16.4. The summed E-state index contributed by atoms with van der Waals surface area (Å²) in [7, 11) is 0. The summed E-state index contributed by atoms with van der Waals surface area (Å²) in [6, 6.07) is 15.0. The molecule has 1 amide bonds. The maximum absolute atomic E-state index is 12.4. The lowest BCUT2D eigenvalue weighted by Gasteiger charge is -2.18. The highest BCUT2D eigenvalue weighted by molar-refractivity contribution is 8.00. The molecule has 1 atom stereocenters. The highest BCUT2D eigenvalue weighted by atomic mass is 32.2. The number of pyridine rings is 1. The quantitative estimate of drug-likeness (QED) is 0.728. The minimum atomic E-state index is -0.147. The Hall–Kier alpha value is -3.03. The Bertz CT molecular complexity index is 855. The Morgan fingerprint density at radius 2 is 1.96 bits per heavy atom. The molecular weight excluding hydrogens is 346 g/mol. The molecule has 0 saturated carbocycles. The van der Waals surface area contributed by atoms with Gasteiger partial charge in [0, 0.05) is 0 Å². The van der Waals surface area contributed by atoms with Crippen LogP contribution in [-0.4, -0.2) is 16.6 Å². The van der Waals surface area contributed by atoms with Gasteiger partial charge < -0.3 is 11.1 Å². The van der Waals surface area contributed by atoms with Gasteiger partial charge in [0.05, 0.1) is 22.9 Å². The van der Waals surface area contributed by atoms with Gasteiger partial charge in [0.25, 0.3) is 0 Å². The minimum absolute atomic E-state index is 0.0521. The number of hydrogen-bond donors (Lipinski definition) is 2. The van der Waals surface area contributed by atoms with E-state index in [-0.39, 0.29) is 34.6 Å². The van der Waals surface area contributed by atoms with E-state index in [1.165, 1.54) is 6.07 Å². The predicted octanol–water partition coefficient (Wildman–Crippen LogP) is 3.16. The maximum Gasteiger partial charge on any atom is 0.230 e. The molecule has 2 rings (SSSR count). The van der Waals surface area contributed by atoms with Gasteiger partial charge in [-0.15, -0.1) is 0 Å². The van der Waals surface area contributed by atoms with Crippen LogP contribution in [0.25, 0.3) is 0 Å². The van der Waals surface area contributed by atoms with E-state index in [9.17, 15) is 10.1 Å². The van der Waals surface area contributed by atoms with Gasteiger partial charge in [0.15, 0.2) is 0 Å². The number of benzene rings is 1. The zero-order chi connectivity index (χ0) is 18.9. The molecule has 26 heavy (non-hydrogen) atoms. The number of thioether (sulfide) groups is 1. The fourth-order valence-electron chi connectivity index (χ4n) is 2.46. The molecule has 6 nitrogen and oxygen atoms in total. The van der Waals surface area contributed by atoms with Gasteiger partial charge in [-0.1, -0.05) is 55.4 Å². The molecule has 0 aliphatic heterocycles. The van der Waals surface area contributed by atoms with Gasteiger partial charge >= 0.3 is 0 Å². The maximum atomic E-state index is 12.4. The minimum Gasteiger partial charge on any atom is -0.383 e. The number of amides is 1. The zero-order valence-corrected chi connectivity index (χ0v) is 15.2. The number of hydrogen-bond acceptors (Lipinski definition) is 6. The number of carbonyl (C=O) groups excluding carboxylic acids is 1. The first-order chi connectivity index (χ1) is 12.6. The molecule has 0 fully saturated rings. The molecule has 7 heteroatoms. The Labute approximate surface area is 157 Å². The van der Waals surface area contributed by atoms with Gasteiger partial charge in [-0.25, -0.2) is 4.98 Å². The number of rotatable bonds is 7. The first-order valence-corrected chi connectivity index (χ1v) is 9.15. The Morgan fingerprint density at radius 3 is 2.58 bits per heavy atom. The van der Waals surface area contributed by atoms with E-state index in [4.69, 9.17) is 11.0 Å². The van der Waals surface area contributed by atoms with E-state index >= 15 is 0 Å². The molecule has 1 heterocycles. The summed E-state index contributed by atoms with van der Waals surface area (Å²) in [5.74, 6) is 0.0218. The third-order valence-electron chi connectivity index (χ3n) is 3.71. The van der Waals surface area contributed by atoms with E-state index < -0.39 is 0 Å². The van der Waals surface area contributed by atoms with Crippen molar-refractivity contribution in [3.63, 3.8) is 0 Å². The number of nitriles is 2. The Kier molecular flexibility index (Phi) is 7.02. The van der Waals surface area contributed by atoms with Crippen molar-refractivity contribution in [2.75, 3.05) is 11.5 Å². The number of aromatic nitrogens is 1. The van der Waals surface area contributed by atoms with Crippen molar-refractivity contribution in [2.24, 2.45) is 0 Å². The van der Waals surface area contributed by atoms with Crippen molar-refractivity contribution in [1.82, 2.24) is 10.3 Å². The second-order valence-corrected chi connectivity index (χ2v) is 6.57. The highest BCUT2D eigenvalue weighted by Gasteiger charge is 2.16. The number of carbonyl (C=O) groups is 1. The summed E-state index contributed by atoms with van der Waals surface area (Å²) < 4.78 is 0. The molecule has 0 unspecified atom stereocenters. The van der Waals surface area contributed by atoms with Crippen LogP contribution in [-0.2, 0) is 4.79 Å². The number of nitrogens with two attached hydrogens (primary N) is 1. The van der Waals surface area contributed by atoms with Gasteiger partial charge in [0.2, 0.25) is 5.91 Å². The molecule has 0 saturated heterocycles. The largest absolute Gasteiger partial charge is 0.383 e. The normalized spacial score (nSPS) is 11.2. The highest BCUT2D eigenvalue weighted by Crippen LogP contribution is 2.24. The first kappa shape index (κ1) is 19.3. The molecule has 132 valence electrons. The fourth-order valence-corrected chi connectivity index (χ4v) is 3.23. The van der Waals surface area contributed by atoms with Gasteiger partial charge in [-0.3, -0.25) is 4.79 Å².